The molecule has 8 nitrogen and oxygen atoms in total. The smallest absolute Gasteiger partial charge is 0.341 e. The summed E-state index contributed by atoms with van der Waals surface area (Å²) in [6.45, 7) is 1.39. The van der Waals surface area contributed by atoms with Gasteiger partial charge in [0.25, 0.3) is 11.6 Å². The second kappa shape index (κ2) is 7.23. The highest BCUT2D eigenvalue weighted by Crippen LogP contribution is 2.21. The first-order valence-electron chi connectivity index (χ1n) is 6.99. The van der Waals surface area contributed by atoms with Gasteiger partial charge in [0.05, 0.1) is 10.5 Å². The van der Waals surface area contributed by atoms with Crippen LogP contribution in [0.25, 0.3) is 0 Å². The molecule has 2 aromatic rings. The predicted molar refractivity (Wildman–Crippen MR) is 87.5 cm³/mol. The molecular formula is C16H15N3O5. The maximum atomic E-state index is 12.1. The van der Waals surface area contributed by atoms with Gasteiger partial charge in [0.15, 0.2) is 6.10 Å². The lowest BCUT2D eigenvalue weighted by atomic mass is 10.1. The molecule has 0 aliphatic carbocycles. The summed E-state index contributed by atoms with van der Waals surface area (Å²) in [6.07, 6.45) is -1.10. The molecule has 0 fully saturated rings. The number of para-hydroxylation sites is 1. The molecule has 2 aromatic carbocycles. The Hall–Kier alpha value is -3.42. The molecule has 24 heavy (non-hydrogen) atoms. The Morgan fingerprint density at radius 3 is 2.50 bits per heavy atom. The zero-order chi connectivity index (χ0) is 17.7. The van der Waals surface area contributed by atoms with Crippen molar-refractivity contribution in [1.29, 1.82) is 0 Å². The highest BCUT2D eigenvalue weighted by molar-refractivity contribution is 5.99. The Balaban J connectivity index is 2.07. The zero-order valence-corrected chi connectivity index (χ0v) is 12.8. The fraction of sp³-hybridized carbons (Fsp3) is 0.125. The van der Waals surface area contributed by atoms with Crippen molar-refractivity contribution in [2.75, 3.05) is 11.1 Å². The first kappa shape index (κ1) is 16.9. The largest absolute Gasteiger partial charge is 0.449 e. The molecule has 1 atom stereocenters. The van der Waals surface area contributed by atoms with Gasteiger partial charge in [-0.2, -0.15) is 0 Å². The Bertz CT molecular complexity index is 777. The minimum absolute atomic E-state index is 0.0290. The van der Waals surface area contributed by atoms with Crippen LogP contribution < -0.4 is 11.1 Å². The van der Waals surface area contributed by atoms with Crippen molar-refractivity contribution < 1.29 is 19.2 Å². The summed E-state index contributed by atoms with van der Waals surface area (Å²) in [5, 5.41) is 13.4. The second-order valence-electron chi connectivity index (χ2n) is 4.93. The van der Waals surface area contributed by atoms with Gasteiger partial charge in [-0.05, 0) is 25.1 Å². The number of nitrogens with zero attached hydrogens (tertiary/aromatic N) is 1. The first-order valence-corrected chi connectivity index (χ1v) is 6.99. The van der Waals surface area contributed by atoms with Crippen LogP contribution in [0.4, 0.5) is 17.1 Å². The highest BCUT2D eigenvalue weighted by atomic mass is 16.6. The molecular weight excluding hydrogens is 314 g/mol. The van der Waals surface area contributed by atoms with Crippen molar-refractivity contribution >= 4 is 28.9 Å². The summed E-state index contributed by atoms with van der Waals surface area (Å²) >= 11 is 0. The van der Waals surface area contributed by atoms with E-state index in [1.807, 2.05) is 0 Å². The van der Waals surface area contributed by atoms with Gasteiger partial charge in [0.1, 0.15) is 0 Å². The van der Waals surface area contributed by atoms with Gasteiger partial charge in [0, 0.05) is 23.5 Å². The van der Waals surface area contributed by atoms with Gasteiger partial charge in [-0.3, -0.25) is 14.9 Å². The second-order valence-corrected chi connectivity index (χ2v) is 4.93. The summed E-state index contributed by atoms with van der Waals surface area (Å²) in [5.41, 5.74) is 5.77. The summed E-state index contributed by atoms with van der Waals surface area (Å²) in [5.74, 6) is -1.44. The summed E-state index contributed by atoms with van der Waals surface area (Å²) in [4.78, 5) is 34.2. The minimum Gasteiger partial charge on any atom is -0.449 e. The van der Waals surface area contributed by atoms with Gasteiger partial charge in [0.2, 0.25) is 0 Å². The van der Waals surface area contributed by atoms with Crippen molar-refractivity contribution in [2.45, 2.75) is 13.0 Å². The molecule has 1 amide bonds. The van der Waals surface area contributed by atoms with Crippen LogP contribution in [0.2, 0.25) is 0 Å². The third-order valence-corrected chi connectivity index (χ3v) is 3.16. The van der Waals surface area contributed by atoms with Crippen LogP contribution in [0.3, 0.4) is 0 Å². The average Bonchev–Trinajstić information content (AvgIpc) is 2.55. The Morgan fingerprint density at radius 1 is 1.21 bits per heavy atom. The van der Waals surface area contributed by atoms with E-state index in [9.17, 15) is 19.7 Å². The van der Waals surface area contributed by atoms with Gasteiger partial charge < -0.3 is 15.8 Å². The maximum absolute atomic E-state index is 12.1. The summed E-state index contributed by atoms with van der Waals surface area (Å²) in [7, 11) is 0. The molecule has 0 saturated heterocycles. The molecule has 0 heterocycles. The molecule has 0 spiro atoms. The average molecular weight is 329 g/mol. The molecule has 0 aromatic heterocycles. The number of hydrogen-bond donors (Lipinski definition) is 2. The lowest BCUT2D eigenvalue weighted by Gasteiger charge is -2.14. The molecule has 8 heteroatoms. The minimum atomic E-state index is -1.10. The normalized spacial score (nSPS) is 11.4. The number of esters is 1. The van der Waals surface area contributed by atoms with Gasteiger partial charge in [-0.15, -0.1) is 0 Å². The molecule has 3 N–H and O–H groups in total. The van der Waals surface area contributed by atoms with Crippen LogP contribution in [-0.2, 0) is 9.53 Å². The monoisotopic (exact) mass is 329 g/mol. The molecule has 124 valence electrons. The van der Waals surface area contributed by atoms with Crippen LogP contribution in [-0.4, -0.2) is 22.9 Å². The highest BCUT2D eigenvalue weighted by Gasteiger charge is 2.22. The standard InChI is InChI=1S/C16H15N3O5/c1-10(15(20)18-11-5-3-2-4-6-11)24-16(21)13-9-12(19(22)23)7-8-14(13)17/h2-10H,17H2,1H3,(H,18,20)/t10-/m1/s1. The molecule has 0 unspecified atom stereocenters. The number of non-ortho nitro benzene ring substituents is 1. The van der Waals surface area contributed by atoms with Gasteiger partial charge in [-0.25, -0.2) is 4.79 Å². The number of nitrogens with one attached hydrogen (secondary N) is 1. The number of carbonyl (C=O) groups excluding carboxylic acids is 2. The number of nitrogen functional groups attached to an aromatic ring is 1. The van der Waals surface area contributed by atoms with E-state index in [0.717, 1.165) is 6.07 Å². The topological polar surface area (TPSA) is 125 Å². The van der Waals surface area contributed by atoms with Gasteiger partial charge in [-0.1, -0.05) is 18.2 Å². The number of rotatable bonds is 5. The number of amides is 1. The zero-order valence-electron chi connectivity index (χ0n) is 12.8. The molecule has 0 bridgehead atoms. The fourth-order valence-electron chi connectivity index (χ4n) is 1.88. The number of nitrogens with two attached hydrogens (primary N) is 1. The maximum Gasteiger partial charge on any atom is 0.341 e. The lowest BCUT2D eigenvalue weighted by molar-refractivity contribution is -0.384. The quantitative estimate of drug-likeness (QED) is 0.375. The number of nitro groups is 1. The molecule has 0 aliphatic rings. The summed E-state index contributed by atoms with van der Waals surface area (Å²) < 4.78 is 5.03. The third-order valence-electron chi connectivity index (χ3n) is 3.16. The fourth-order valence-corrected chi connectivity index (χ4v) is 1.88. The Kier molecular flexibility index (Phi) is 5.10. The molecule has 0 radical (unpaired) electrons. The van der Waals surface area contributed by atoms with Crippen molar-refractivity contribution in [1.82, 2.24) is 0 Å². The van der Waals surface area contributed by atoms with Crippen molar-refractivity contribution in [3.05, 3.63) is 64.2 Å². The van der Waals surface area contributed by atoms with E-state index < -0.39 is 22.9 Å². The Labute approximate surface area is 137 Å². The van der Waals surface area contributed by atoms with Gasteiger partial charge >= 0.3 is 5.97 Å². The molecule has 0 saturated carbocycles. The first-order chi connectivity index (χ1) is 11.4. The van der Waals surface area contributed by atoms with Crippen molar-refractivity contribution in [3.8, 4) is 0 Å². The van der Waals surface area contributed by atoms with E-state index in [1.165, 1.54) is 19.1 Å². The van der Waals surface area contributed by atoms with E-state index in [2.05, 4.69) is 5.32 Å². The van der Waals surface area contributed by atoms with E-state index in [-0.39, 0.29) is 16.9 Å². The van der Waals surface area contributed by atoms with Crippen molar-refractivity contribution in [3.63, 3.8) is 0 Å². The molecule has 0 aliphatic heterocycles. The van der Waals surface area contributed by atoms with E-state index in [1.54, 1.807) is 30.3 Å². The SMILES string of the molecule is C[C@@H](OC(=O)c1cc([N+](=O)[O-])ccc1N)C(=O)Nc1ccccc1. The predicted octanol–water partition coefficient (Wildman–Crippen LogP) is 2.36. The number of ether oxygens (including phenoxy) is 1. The van der Waals surface area contributed by atoms with Crippen LogP contribution in [0.1, 0.15) is 17.3 Å². The van der Waals surface area contributed by atoms with Crippen molar-refractivity contribution in [2.24, 2.45) is 0 Å². The lowest BCUT2D eigenvalue weighted by Crippen LogP contribution is -2.30. The number of carbonyl (C=O) groups is 2. The number of hydrogen-bond acceptors (Lipinski definition) is 6. The van der Waals surface area contributed by atoms with Crippen LogP contribution in [0.5, 0.6) is 0 Å². The number of anilines is 2. The molecule has 2 rings (SSSR count). The Morgan fingerprint density at radius 2 is 1.88 bits per heavy atom. The van der Waals surface area contributed by atoms with Crippen LogP contribution in [0.15, 0.2) is 48.5 Å². The number of benzene rings is 2. The summed E-state index contributed by atoms with van der Waals surface area (Å²) in [6, 6.07) is 12.1. The third kappa shape index (κ3) is 4.07. The van der Waals surface area contributed by atoms with E-state index >= 15 is 0 Å². The van der Waals surface area contributed by atoms with E-state index in [0.29, 0.717) is 5.69 Å². The van der Waals surface area contributed by atoms with Crippen LogP contribution >= 0.6 is 0 Å². The number of nitro benzene ring substituents is 1. The van der Waals surface area contributed by atoms with Crippen LogP contribution in [0, 0.1) is 10.1 Å². The van der Waals surface area contributed by atoms with E-state index in [4.69, 9.17) is 10.5 Å².